The fourth-order valence-electron chi connectivity index (χ4n) is 17.4. The summed E-state index contributed by atoms with van der Waals surface area (Å²) in [5.74, 6) is -20.6. The quantitative estimate of drug-likeness (QED) is 0.0274. The van der Waals surface area contributed by atoms with Gasteiger partial charge in [-0.2, -0.15) is 0 Å². The Bertz CT molecular complexity index is 5390. The Morgan fingerprint density at radius 1 is 0.478 bits per heavy atom. The van der Waals surface area contributed by atoms with Gasteiger partial charge < -0.3 is 105 Å². The first kappa shape index (κ1) is 107. The molecular formula is C99H128F3N19O16S. The molecule has 3 aliphatic heterocycles. The average molecular weight is 1930 g/mol. The van der Waals surface area contributed by atoms with E-state index in [9.17, 15) is 33.5 Å². The van der Waals surface area contributed by atoms with Crippen LogP contribution in [0.15, 0.2) is 152 Å². The second-order valence-electron chi connectivity index (χ2n) is 35.7. The fourth-order valence-corrected chi connectivity index (χ4v) is 18.3. The van der Waals surface area contributed by atoms with Crippen LogP contribution in [0.3, 0.4) is 0 Å². The van der Waals surface area contributed by atoms with Crippen LogP contribution in [0, 0.1) is 23.4 Å². The number of aromatic amines is 1. The lowest BCUT2D eigenvalue weighted by atomic mass is 9.96. The highest BCUT2D eigenvalue weighted by Gasteiger charge is 2.46. The number of primary amides is 1. The maximum Gasteiger partial charge on any atom is 0.246 e. The molecule has 3 saturated heterocycles. The number of nitrogens with zero attached hydrogens (tertiary/aromatic N) is 5. The van der Waals surface area contributed by atoms with E-state index in [1.165, 1.54) is 60.1 Å². The highest BCUT2D eigenvalue weighted by Crippen LogP contribution is 2.29. The minimum absolute atomic E-state index is 0.00670. The molecule has 4 heterocycles. The van der Waals surface area contributed by atoms with E-state index in [-0.39, 0.29) is 108 Å². The first-order valence-electron chi connectivity index (χ1n) is 46.8. The van der Waals surface area contributed by atoms with Gasteiger partial charge in [-0.25, -0.2) is 13.2 Å². The van der Waals surface area contributed by atoms with Crippen LogP contribution >= 0.6 is 11.8 Å². The van der Waals surface area contributed by atoms with Crippen molar-refractivity contribution in [3.8, 4) is 5.75 Å². The molecule has 0 spiro atoms. The summed E-state index contributed by atoms with van der Waals surface area (Å²) in [4.78, 5) is 237. The van der Waals surface area contributed by atoms with Gasteiger partial charge in [0.25, 0.3) is 0 Å². The predicted molar refractivity (Wildman–Crippen MR) is 512 cm³/mol. The summed E-state index contributed by atoms with van der Waals surface area (Å²) < 4.78 is 45.2. The predicted octanol–water partition coefficient (Wildman–Crippen LogP) is 2.91. The molecule has 3 fully saturated rings. The van der Waals surface area contributed by atoms with Crippen molar-refractivity contribution < 1.29 is 90.2 Å². The van der Waals surface area contributed by atoms with Crippen LogP contribution < -0.4 is 70.8 Å². The monoisotopic (exact) mass is 1930 g/mol. The van der Waals surface area contributed by atoms with Crippen LogP contribution in [0.2, 0.25) is 0 Å². The minimum atomic E-state index is -1.85. The van der Waals surface area contributed by atoms with Crippen LogP contribution in [-0.2, 0) is 117 Å². The summed E-state index contributed by atoms with van der Waals surface area (Å²) in [6, 6.07) is 18.3. The molecule has 7 aromatic rings. The number of hydrogen-bond acceptors (Lipinski definition) is 20. The van der Waals surface area contributed by atoms with Gasteiger partial charge in [0.1, 0.15) is 84.3 Å². The topological polar surface area (TPSA) is 521 Å². The van der Waals surface area contributed by atoms with E-state index in [0.717, 1.165) is 15.4 Å². The standard InChI is InChI=1S/C99H128F3N19O16S/c1-7-8-11-31-80-98(136)121-43-22-32-79(121)93(131)114-76(53-105)91(129)116-86(58(2)3)99(137)118(5)81(49-59-23-12-9-13-24-59)94(132)113-75(47-61-33-35-63(52-104)36-34-61)96(134)120-42-21-19-30-78(120)92(130)112-73(51-65-54-107-70-28-17-16-27-67(65)70)90(128)111-72(46-62-37-39-66(122)40-38-62)89(127)110-71(29-18-20-41-103)88(126)115-77(87(125)108-55-83(106)123)56-138-57-84(124)109-74(48-64-44-68(100)85(102)69(101)45-64)95(133)119(6)82(97(135)117(80)4)50-60-25-14-10-15-26-60/h9-10,12-17,23-28,33-40,44-45,54,58,71-82,86,107,122H,7-8,11,18-22,29-32,41-43,46-53,55-57,103-105H2,1-6H3,(H2,106,123)(H,108,125)(H,109,124)(H,110,127)(H,111,128)(H,112,130)(H,113,132)(H,114,131)(H,115,126)(H,116,129)/t71-,72-,73-,74-,75-,76-,77-,78+,79+,80-,81-,82-,86-/m0/s1. The number of piperidine rings is 1. The molecule has 6 aromatic carbocycles. The van der Waals surface area contributed by atoms with Gasteiger partial charge in [0.2, 0.25) is 88.6 Å². The van der Waals surface area contributed by atoms with E-state index in [1.54, 1.807) is 129 Å². The number of nitrogens with two attached hydrogens (primary N) is 4. The summed E-state index contributed by atoms with van der Waals surface area (Å²) in [7, 11) is 3.95. The lowest BCUT2D eigenvalue weighted by Gasteiger charge is -2.38. The molecule has 10 rings (SSSR count). The second kappa shape index (κ2) is 51.8. The van der Waals surface area contributed by atoms with E-state index >= 15 is 56.7 Å². The molecule has 15 amide bonds. The first-order valence-corrected chi connectivity index (χ1v) is 47.9. The summed E-state index contributed by atoms with van der Waals surface area (Å²) in [5, 5.41) is 35.6. The average Bonchev–Trinajstić information content (AvgIpc) is 1.46. The number of phenolic OH excluding ortho intramolecular Hbond substituents is 1. The SMILES string of the molecule is CCCCC[C@H]1C(=O)N2CCC[C@@H]2C(=O)N[C@@H](CN)C(=O)N[C@@H](C(C)C)C(=O)N(C)[C@@H](Cc2ccccc2)C(=O)N[C@@H](Cc2ccc(CN)cc2)C(=O)N2CCCC[C@@H]2C(=O)N[C@@H](Cc2c[nH]c3ccccc23)C(=O)N[C@@H](Cc2ccc(O)cc2)C(=O)N[C@@H](CCCCN)C(=O)N[C@H](C(=O)NCC(N)=O)CSCC(=O)N[C@@H](Cc2cc(F)c(F)c(F)c2)C(=O)N(C)[C@@H](Cc2ccccc2)C(=O)N1C. The Morgan fingerprint density at radius 3 is 1.59 bits per heavy atom. The zero-order chi connectivity index (χ0) is 100.0. The number of likely N-dealkylation sites (N-methyl/N-ethyl adjacent to an activating group) is 3. The number of fused-ring (bicyclic) bond motifs is 3. The third kappa shape index (κ3) is 29.4. The van der Waals surface area contributed by atoms with Gasteiger partial charge >= 0.3 is 0 Å². The van der Waals surface area contributed by atoms with E-state index in [4.69, 9.17) is 22.9 Å². The zero-order valence-corrected chi connectivity index (χ0v) is 79.4. The van der Waals surface area contributed by atoms with Crippen molar-refractivity contribution in [2.75, 3.05) is 65.4 Å². The summed E-state index contributed by atoms with van der Waals surface area (Å²) in [5.41, 5.74) is 27.4. The van der Waals surface area contributed by atoms with Crippen molar-refractivity contribution in [1.82, 2.24) is 77.3 Å². The Morgan fingerprint density at radius 2 is 0.978 bits per heavy atom. The molecule has 35 nitrogen and oxygen atoms in total. The number of phenols is 1. The van der Waals surface area contributed by atoms with Gasteiger partial charge in [-0.15, -0.1) is 11.8 Å². The molecule has 0 bridgehead atoms. The molecule has 0 aliphatic carbocycles. The number of para-hydroxylation sites is 1. The summed E-state index contributed by atoms with van der Waals surface area (Å²) in [6.07, 6.45) is 2.82. The van der Waals surface area contributed by atoms with Gasteiger partial charge in [0, 0.05) is 109 Å². The normalized spacial score (nSPS) is 23.2. The number of carbonyl (C=O) groups is 15. The molecule has 3 aliphatic rings. The molecule has 13 atom stereocenters. The summed E-state index contributed by atoms with van der Waals surface area (Å²) >= 11 is 0.692. The molecule has 138 heavy (non-hydrogen) atoms. The maximum atomic E-state index is 16.0. The van der Waals surface area contributed by atoms with Crippen LogP contribution in [0.4, 0.5) is 13.2 Å². The lowest BCUT2D eigenvalue weighted by molar-refractivity contribution is -0.152. The number of aromatic nitrogens is 1. The first-order chi connectivity index (χ1) is 66.1. The number of amides is 15. The maximum absolute atomic E-state index is 16.0. The Kier molecular flexibility index (Phi) is 40.1. The second-order valence-corrected chi connectivity index (χ2v) is 36.7. The molecule has 39 heteroatoms. The molecule has 19 N–H and O–H groups in total. The van der Waals surface area contributed by atoms with Crippen molar-refractivity contribution in [2.24, 2.45) is 28.9 Å². The number of benzene rings is 6. The number of aromatic hydroxyl groups is 1. The number of halogens is 3. The van der Waals surface area contributed by atoms with Gasteiger partial charge in [0.15, 0.2) is 17.5 Å². The number of H-pyrrole nitrogens is 1. The third-order valence-corrected chi connectivity index (χ3v) is 26.3. The van der Waals surface area contributed by atoms with Crippen LogP contribution in [0.5, 0.6) is 5.75 Å². The Hall–Kier alpha value is -13.3. The van der Waals surface area contributed by atoms with Crippen LogP contribution in [0.1, 0.15) is 137 Å². The number of thioether (sulfide) groups is 1. The van der Waals surface area contributed by atoms with Crippen LogP contribution in [0.25, 0.3) is 10.9 Å². The molecule has 742 valence electrons. The van der Waals surface area contributed by atoms with Crippen molar-refractivity contribution in [3.05, 3.63) is 208 Å². The smallest absolute Gasteiger partial charge is 0.246 e. The molecule has 1 aromatic heterocycles. The minimum Gasteiger partial charge on any atom is -0.508 e. The van der Waals surface area contributed by atoms with Crippen LogP contribution in [-0.4, -0.2) is 267 Å². The lowest BCUT2D eigenvalue weighted by Crippen LogP contribution is -2.63. The van der Waals surface area contributed by atoms with E-state index in [0.29, 0.717) is 101 Å². The number of nitrogens with one attached hydrogen (secondary N) is 10. The van der Waals surface area contributed by atoms with Gasteiger partial charge in [-0.1, -0.05) is 155 Å². The Labute approximate surface area is 804 Å². The van der Waals surface area contributed by atoms with Crippen molar-refractivity contribution in [3.63, 3.8) is 0 Å². The number of carbonyl (C=O) groups excluding carboxylic acids is 15. The van der Waals surface area contributed by atoms with Crippen molar-refractivity contribution >= 4 is 111 Å². The van der Waals surface area contributed by atoms with E-state index in [2.05, 4.69) is 52.8 Å². The zero-order valence-electron chi connectivity index (χ0n) is 78.6. The molecular weight excluding hydrogens is 1800 g/mol. The molecule has 0 saturated carbocycles. The van der Waals surface area contributed by atoms with Gasteiger partial charge in [-0.3, -0.25) is 71.9 Å². The van der Waals surface area contributed by atoms with E-state index < -0.39 is 222 Å². The number of rotatable bonds is 26. The van der Waals surface area contributed by atoms with Crippen molar-refractivity contribution in [2.45, 2.75) is 221 Å². The fraction of sp³-hybridized carbons (Fsp3) is 0.465. The van der Waals surface area contributed by atoms with Gasteiger partial charge in [0.05, 0.1) is 12.3 Å². The van der Waals surface area contributed by atoms with Gasteiger partial charge in [-0.05, 0) is 140 Å². The largest absolute Gasteiger partial charge is 0.508 e. The highest BCUT2D eigenvalue weighted by molar-refractivity contribution is 8.00. The molecule has 0 radical (unpaired) electrons. The highest BCUT2D eigenvalue weighted by atomic mass is 32.2. The van der Waals surface area contributed by atoms with Crippen molar-refractivity contribution in [1.29, 1.82) is 0 Å². The number of hydrogen-bond donors (Lipinski definition) is 15. The Balaban J connectivity index is 1.06. The summed E-state index contributed by atoms with van der Waals surface area (Å²) in [6.45, 7) is 4.16. The van der Waals surface area contributed by atoms with E-state index in [1.807, 2.05) is 6.92 Å². The molecule has 0 unspecified atom stereocenters. The third-order valence-electron chi connectivity index (χ3n) is 25.3. The number of unbranched alkanes of at least 4 members (excludes halogenated alkanes) is 3.